The number of rotatable bonds is 4. The van der Waals surface area contributed by atoms with Crippen LogP contribution in [-0.4, -0.2) is 18.0 Å². The standard InChI is InChI=1S/C16H14ClN3O2/c17-14-9-5-4-8-13(14)11-19-20-16(22)15(21)18-10-12-6-2-1-3-7-12/h1-9,11H,10H2,(H,18,21)(H,20,22)/b19-11-. The number of hydrogen-bond donors (Lipinski definition) is 2. The van der Waals surface area contributed by atoms with Crippen molar-refractivity contribution in [3.63, 3.8) is 0 Å². The molecule has 0 aliphatic carbocycles. The van der Waals surface area contributed by atoms with Gasteiger partial charge in [0.1, 0.15) is 0 Å². The highest BCUT2D eigenvalue weighted by Crippen LogP contribution is 2.11. The first-order valence-electron chi connectivity index (χ1n) is 6.56. The molecule has 0 unspecified atom stereocenters. The Morgan fingerprint density at radius 1 is 1.00 bits per heavy atom. The number of hydrazone groups is 1. The Morgan fingerprint density at radius 3 is 2.41 bits per heavy atom. The Balaban J connectivity index is 1.82. The van der Waals surface area contributed by atoms with Gasteiger partial charge in [-0.25, -0.2) is 5.43 Å². The van der Waals surface area contributed by atoms with Crippen LogP contribution in [0.15, 0.2) is 59.7 Å². The molecule has 2 amide bonds. The number of amides is 2. The lowest BCUT2D eigenvalue weighted by molar-refractivity contribution is -0.139. The smallest absolute Gasteiger partial charge is 0.329 e. The molecule has 0 heterocycles. The second-order valence-corrected chi connectivity index (χ2v) is 4.80. The van der Waals surface area contributed by atoms with Crippen LogP contribution in [0.5, 0.6) is 0 Å². The van der Waals surface area contributed by atoms with Gasteiger partial charge in [0.05, 0.1) is 6.21 Å². The molecule has 0 aliphatic rings. The molecule has 2 rings (SSSR count). The predicted octanol–water partition coefficient (Wildman–Crippen LogP) is 2.11. The monoisotopic (exact) mass is 315 g/mol. The summed E-state index contributed by atoms with van der Waals surface area (Å²) in [5.41, 5.74) is 3.71. The molecule has 0 atom stereocenters. The predicted molar refractivity (Wildman–Crippen MR) is 85.5 cm³/mol. The number of hydrogen-bond acceptors (Lipinski definition) is 3. The first-order chi connectivity index (χ1) is 10.7. The molecule has 22 heavy (non-hydrogen) atoms. The minimum absolute atomic E-state index is 0.279. The van der Waals surface area contributed by atoms with Crippen molar-refractivity contribution in [2.75, 3.05) is 0 Å². The molecule has 0 aliphatic heterocycles. The zero-order valence-corrected chi connectivity index (χ0v) is 12.4. The Hall–Kier alpha value is -2.66. The largest absolute Gasteiger partial charge is 0.344 e. The Labute approximate surface area is 133 Å². The summed E-state index contributed by atoms with van der Waals surface area (Å²) in [5, 5.41) is 6.72. The van der Waals surface area contributed by atoms with Crippen molar-refractivity contribution in [3.05, 3.63) is 70.7 Å². The summed E-state index contributed by atoms with van der Waals surface area (Å²) < 4.78 is 0. The number of nitrogens with zero attached hydrogens (tertiary/aromatic N) is 1. The van der Waals surface area contributed by atoms with Crippen molar-refractivity contribution in [2.24, 2.45) is 5.10 Å². The van der Waals surface area contributed by atoms with Crippen LogP contribution in [-0.2, 0) is 16.1 Å². The maximum atomic E-state index is 11.6. The molecule has 6 heteroatoms. The fourth-order valence-electron chi connectivity index (χ4n) is 1.65. The highest BCUT2D eigenvalue weighted by molar-refractivity contribution is 6.35. The van der Waals surface area contributed by atoms with Crippen LogP contribution in [0.1, 0.15) is 11.1 Å². The van der Waals surface area contributed by atoms with Crippen LogP contribution < -0.4 is 10.7 Å². The van der Waals surface area contributed by atoms with Gasteiger partial charge >= 0.3 is 11.8 Å². The van der Waals surface area contributed by atoms with Gasteiger partial charge in [-0.2, -0.15) is 5.10 Å². The Kier molecular flexibility index (Phi) is 5.68. The average molecular weight is 316 g/mol. The van der Waals surface area contributed by atoms with E-state index in [1.807, 2.05) is 30.3 Å². The van der Waals surface area contributed by atoms with Gasteiger partial charge in [0.2, 0.25) is 0 Å². The summed E-state index contributed by atoms with van der Waals surface area (Å²) in [6.07, 6.45) is 1.38. The molecule has 112 valence electrons. The highest BCUT2D eigenvalue weighted by atomic mass is 35.5. The van der Waals surface area contributed by atoms with Gasteiger partial charge in [-0.3, -0.25) is 9.59 Å². The maximum absolute atomic E-state index is 11.6. The molecule has 5 nitrogen and oxygen atoms in total. The van der Waals surface area contributed by atoms with Crippen molar-refractivity contribution in [2.45, 2.75) is 6.54 Å². The van der Waals surface area contributed by atoms with Crippen LogP contribution in [0.2, 0.25) is 5.02 Å². The summed E-state index contributed by atoms with van der Waals surface area (Å²) >= 11 is 5.94. The molecule has 2 aromatic rings. The zero-order chi connectivity index (χ0) is 15.8. The average Bonchev–Trinajstić information content (AvgIpc) is 2.55. The van der Waals surface area contributed by atoms with E-state index in [-0.39, 0.29) is 6.54 Å². The summed E-state index contributed by atoms with van der Waals surface area (Å²) in [5.74, 6) is -1.58. The summed E-state index contributed by atoms with van der Waals surface area (Å²) in [6.45, 7) is 0.279. The molecule has 0 fully saturated rings. The van der Waals surface area contributed by atoms with Crippen LogP contribution >= 0.6 is 11.6 Å². The van der Waals surface area contributed by atoms with Gasteiger partial charge in [-0.05, 0) is 11.6 Å². The van der Waals surface area contributed by atoms with Crippen LogP contribution in [0, 0.1) is 0 Å². The van der Waals surface area contributed by atoms with Crippen molar-refractivity contribution in [3.8, 4) is 0 Å². The van der Waals surface area contributed by atoms with E-state index in [4.69, 9.17) is 11.6 Å². The molecule has 2 N–H and O–H groups in total. The lowest BCUT2D eigenvalue weighted by atomic mass is 10.2. The van der Waals surface area contributed by atoms with Gasteiger partial charge in [0.25, 0.3) is 0 Å². The number of halogens is 1. The van der Waals surface area contributed by atoms with E-state index < -0.39 is 11.8 Å². The number of carbonyl (C=O) groups excluding carboxylic acids is 2. The molecular weight excluding hydrogens is 302 g/mol. The van der Waals surface area contributed by atoms with E-state index in [0.29, 0.717) is 10.6 Å². The second-order valence-electron chi connectivity index (χ2n) is 4.39. The fourth-order valence-corrected chi connectivity index (χ4v) is 1.83. The Bertz CT molecular complexity index is 687. The van der Waals surface area contributed by atoms with Crippen molar-refractivity contribution >= 4 is 29.6 Å². The molecule has 0 bridgehead atoms. The number of nitrogens with one attached hydrogen (secondary N) is 2. The Morgan fingerprint density at radius 2 is 1.68 bits per heavy atom. The van der Waals surface area contributed by atoms with Crippen molar-refractivity contribution in [1.82, 2.24) is 10.7 Å². The molecule has 0 aromatic heterocycles. The lowest BCUT2D eigenvalue weighted by Crippen LogP contribution is -2.37. The molecule has 0 spiro atoms. The molecule has 0 radical (unpaired) electrons. The molecule has 0 saturated carbocycles. The molecular formula is C16H14ClN3O2. The van der Waals surface area contributed by atoms with Crippen molar-refractivity contribution in [1.29, 1.82) is 0 Å². The third-order valence-corrected chi connectivity index (χ3v) is 3.12. The normalized spacial score (nSPS) is 10.4. The van der Waals surface area contributed by atoms with E-state index >= 15 is 0 Å². The van der Waals surface area contributed by atoms with Crippen LogP contribution in [0.3, 0.4) is 0 Å². The summed E-state index contributed by atoms with van der Waals surface area (Å²) in [7, 11) is 0. The van der Waals surface area contributed by atoms with Crippen LogP contribution in [0.25, 0.3) is 0 Å². The first-order valence-corrected chi connectivity index (χ1v) is 6.94. The third-order valence-electron chi connectivity index (χ3n) is 2.78. The van der Waals surface area contributed by atoms with Crippen molar-refractivity contribution < 1.29 is 9.59 Å². The SMILES string of the molecule is O=C(NCc1ccccc1)C(=O)N/N=C\c1ccccc1Cl. The number of benzene rings is 2. The minimum Gasteiger partial charge on any atom is -0.344 e. The van der Waals surface area contributed by atoms with E-state index in [1.165, 1.54) is 6.21 Å². The summed E-state index contributed by atoms with van der Waals surface area (Å²) in [6, 6.07) is 16.3. The quantitative estimate of drug-likeness (QED) is 0.515. The van der Waals surface area contributed by atoms with E-state index in [9.17, 15) is 9.59 Å². The highest BCUT2D eigenvalue weighted by Gasteiger charge is 2.11. The van der Waals surface area contributed by atoms with E-state index in [0.717, 1.165) is 5.56 Å². The zero-order valence-electron chi connectivity index (χ0n) is 11.6. The minimum atomic E-state index is -0.834. The van der Waals surface area contributed by atoms with Gasteiger partial charge in [-0.15, -0.1) is 0 Å². The first kappa shape index (κ1) is 15.7. The number of carbonyl (C=O) groups is 2. The topological polar surface area (TPSA) is 70.6 Å². The van der Waals surface area contributed by atoms with E-state index in [1.54, 1.807) is 24.3 Å². The van der Waals surface area contributed by atoms with Gasteiger partial charge in [0.15, 0.2) is 0 Å². The lowest BCUT2D eigenvalue weighted by Gasteiger charge is -2.03. The summed E-state index contributed by atoms with van der Waals surface area (Å²) in [4.78, 5) is 23.2. The van der Waals surface area contributed by atoms with E-state index in [2.05, 4.69) is 15.8 Å². The molecule has 2 aromatic carbocycles. The third kappa shape index (κ3) is 4.71. The van der Waals surface area contributed by atoms with Gasteiger partial charge in [-0.1, -0.05) is 60.1 Å². The molecule has 0 saturated heterocycles. The van der Waals surface area contributed by atoms with Crippen LogP contribution in [0.4, 0.5) is 0 Å². The maximum Gasteiger partial charge on any atom is 0.329 e. The fraction of sp³-hybridized carbons (Fsp3) is 0.0625. The second kappa shape index (κ2) is 7.95. The van der Waals surface area contributed by atoms with Gasteiger partial charge < -0.3 is 5.32 Å². The van der Waals surface area contributed by atoms with Gasteiger partial charge in [0, 0.05) is 17.1 Å².